The van der Waals surface area contributed by atoms with Crippen LogP contribution in [0.2, 0.25) is 0 Å². The number of amides is 3. The number of nitrogens with one attached hydrogen (secondary N) is 2. The zero-order valence-corrected chi connectivity index (χ0v) is 23.3. The third kappa shape index (κ3) is 8.31. The van der Waals surface area contributed by atoms with E-state index in [0.29, 0.717) is 36.6 Å². The Morgan fingerprint density at radius 3 is 2.51 bits per heavy atom. The normalized spacial score (nSPS) is 13.9. The molecule has 1 aliphatic carbocycles. The van der Waals surface area contributed by atoms with Crippen LogP contribution in [0.15, 0.2) is 30.4 Å². The monoisotopic (exact) mass is 539 g/mol. The molecular formula is C28H38FN7O3. The number of halogens is 1. The molecule has 1 aromatic carbocycles. The standard InChI is InChI=1S/C28H38FN7O3/c1-6-22-24(19-9-10-19)34-27(25(33-22)26(30)38)32-21-15-18(14-20(29)16-21)11-12-31-28(39)17(2)36(5)23(37)8-7-13-35(3)4/h7-8,14-17,19H,6,9-13H2,1-5H3,(H2,30,38)(H,31,39)(H,32,34). The highest BCUT2D eigenvalue weighted by atomic mass is 19.1. The molecule has 1 atom stereocenters. The molecule has 1 aliphatic rings. The molecule has 1 heterocycles. The topological polar surface area (TPSA) is 134 Å². The Hall–Kier alpha value is -3.86. The van der Waals surface area contributed by atoms with Gasteiger partial charge in [-0.1, -0.05) is 13.0 Å². The van der Waals surface area contributed by atoms with Gasteiger partial charge in [-0.05, 0) is 70.5 Å². The lowest BCUT2D eigenvalue weighted by Crippen LogP contribution is -2.45. The summed E-state index contributed by atoms with van der Waals surface area (Å²) in [5.74, 6) is -1.26. The van der Waals surface area contributed by atoms with Crippen molar-refractivity contribution in [3.63, 3.8) is 0 Å². The summed E-state index contributed by atoms with van der Waals surface area (Å²) in [7, 11) is 5.36. The number of hydrogen-bond acceptors (Lipinski definition) is 7. The number of primary amides is 1. The lowest BCUT2D eigenvalue weighted by Gasteiger charge is -2.23. The summed E-state index contributed by atoms with van der Waals surface area (Å²) >= 11 is 0. The van der Waals surface area contributed by atoms with Crippen molar-refractivity contribution in [1.82, 2.24) is 25.1 Å². The van der Waals surface area contributed by atoms with Crippen LogP contribution < -0.4 is 16.4 Å². The van der Waals surface area contributed by atoms with Crippen molar-refractivity contribution >= 4 is 29.2 Å². The largest absolute Gasteiger partial charge is 0.364 e. The molecule has 1 fully saturated rings. The number of benzene rings is 1. The molecule has 4 N–H and O–H groups in total. The summed E-state index contributed by atoms with van der Waals surface area (Å²) < 4.78 is 14.5. The SMILES string of the molecule is CCc1nc(C(N)=O)c(Nc2cc(F)cc(CCNC(=O)C(C)N(C)C(=O)C=CCN(C)C)c2)nc1C1CC1. The van der Waals surface area contributed by atoms with Crippen molar-refractivity contribution in [3.8, 4) is 0 Å². The van der Waals surface area contributed by atoms with Gasteiger partial charge in [0, 0.05) is 37.8 Å². The Balaban J connectivity index is 1.65. The molecule has 0 bridgehead atoms. The van der Waals surface area contributed by atoms with Crippen LogP contribution >= 0.6 is 0 Å². The molecule has 0 radical (unpaired) electrons. The van der Waals surface area contributed by atoms with E-state index < -0.39 is 17.8 Å². The van der Waals surface area contributed by atoms with E-state index in [9.17, 15) is 18.8 Å². The van der Waals surface area contributed by atoms with Crippen LogP contribution in [0.1, 0.15) is 60.0 Å². The number of carbonyl (C=O) groups is 3. The van der Waals surface area contributed by atoms with Gasteiger partial charge in [0.05, 0.1) is 11.4 Å². The van der Waals surface area contributed by atoms with E-state index in [1.54, 1.807) is 26.1 Å². The van der Waals surface area contributed by atoms with Gasteiger partial charge < -0.3 is 26.2 Å². The molecule has 1 unspecified atom stereocenters. The molecule has 2 aromatic rings. The van der Waals surface area contributed by atoms with E-state index in [0.717, 1.165) is 24.2 Å². The first-order valence-corrected chi connectivity index (χ1v) is 13.1. The summed E-state index contributed by atoms with van der Waals surface area (Å²) in [4.78, 5) is 49.4. The zero-order valence-electron chi connectivity index (χ0n) is 23.3. The highest BCUT2D eigenvalue weighted by Gasteiger charge is 2.30. The van der Waals surface area contributed by atoms with Gasteiger partial charge >= 0.3 is 0 Å². The van der Waals surface area contributed by atoms with Gasteiger partial charge in [-0.25, -0.2) is 14.4 Å². The van der Waals surface area contributed by atoms with Crippen LogP contribution in [0.5, 0.6) is 0 Å². The minimum absolute atomic E-state index is 0.0125. The Morgan fingerprint density at radius 2 is 1.90 bits per heavy atom. The summed E-state index contributed by atoms with van der Waals surface area (Å²) in [6, 6.07) is 3.72. The highest BCUT2D eigenvalue weighted by molar-refractivity contribution is 5.96. The number of nitrogens with two attached hydrogens (primary N) is 1. The van der Waals surface area contributed by atoms with Crippen molar-refractivity contribution in [2.24, 2.45) is 5.73 Å². The van der Waals surface area contributed by atoms with Crippen LogP contribution in [0, 0.1) is 5.82 Å². The second-order valence-electron chi connectivity index (χ2n) is 10.0. The lowest BCUT2D eigenvalue weighted by atomic mass is 10.1. The highest BCUT2D eigenvalue weighted by Crippen LogP contribution is 2.41. The molecule has 1 saturated carbocycles. The van der Waals surface area contributed by atoms with Crippen LogP contribution in [0.25, 0.3) is 0 Å². The van der Waals surface area contributed by atoms with E-state index in [1.165, 1.54) is 23.1 Å². The lowest BCUT2D eigenvalue weighted by molar-refractivity contribution is -0.135. The first kappa shape index (κ1) is 29.7. The Morgan fingerprint density at radius 1 is 1.18 bits per heavy atom. The number of nitrogens with zero attached hydrogens (tertiary/aromatic N) is 4. The van der Waals surface area contributed by atoms with E-state index in [-0.39, 0.29) is 29.9 Å². The molecule has 0 aliphatic heterocycles. The third-order valence-corrected chi connectivity index (χ3v) is 6.50. The number of aromatic nitrogens is 2. The summed E-state index contributed by atoms with van der Waals surface area (Å²) in [5.41, 5.74) is 8.18. The molecule has 10 nitrogen and oxygen atoms in total. The Bertz CT molecular complexity index is 1240. The van der Waals surface area contributed by atoms with Crippen LogP contribution in [-0.4, -0.2) is 77.8 Å². The van der Waals surface area contributed by atoms with Gasteiger partial charge in [0.2, 0.25) is 11.8 Å². The minimum atomic E-state index is -0.716. The number of likely N-dealkylation sites (N-methyl/N-ethyl adjacent to an activating group) is 2. The molecule has 39 heavy (non-hydrogen) atoms. The predicted molar refractivity (Wildman–Crippen MR) is 148 cm³/mol. The van der Waals surface area contributed by atoms with Crippen LogP contribution in [0.3, 0.4) is 0 Å². The van der Waals surface area contributed by atoms with E-state index in [4.69, 9.17) is 5.73 Å². The maximum Gasteiger partial charge on any atom is 0.271 e. The quantitative estimate of drug-likeness (QED) is 0.333. The van der Waals surface area contributed by atoms with Gasteiger partial charge in [-0.15, -0.1) is 0 Å². The van der Waals surface area contributed by atoms with Gasteiger partial charge in [0.25, 0.3) is 5.91 Å². The molecule has 3 rings (SSSR count). The summed E-state index contributed by atoms with van der Waals surface area (Å²) in [6.45, 7) is 4.46. The van der Waals surface area contributed by atoms with E-state index in [2.05, 4.69) is 20.6 Å². The van der Waals surface area contributed by atoms with E-state index >= 15 is 0 Å². The minimum Gasteiger partial charge on any atom is -0.364 e. The molecule has 0 saturated heterocycles. The molecule has 0 spiro atoms. The average molecular weight is 540 g/mol. The molecule has 210 valence electrons. The number of hydrogen-bond donors (Lipinski definition) is 3. The smallest absolute Gasteiger partial charge is 0.271 e. The number of rotatable bonds is 13. The van der Waals surface area contributed by atoms with Crippen molar-refractivity contribution in [1.29, 1.82) is 0 Å². The fraction of sp³-hybridized carbons (Fsp3) is 0.464. The Kier molecular flexibility index (Phi) is 10.1. The van der Waals surface area contributed by atoms with Gasteiger partial charge in [-0.3, -0.25) is 14.4 Å². The van der Waals surface area contributed by atoms with Crippen molar-refractivity contribution in [2.75, 3.05) is 39.5 Å². The van der Waals surface area contributed by atoms with Crippen molar-refractivity contribution in [2.45, 2.75) is 51.5 Å². The van der Waals surface area contributed by atoms with Gasteiger partial charge in [0.1, 0.15) is 11.9 Å². The zero-order chi connectivity index (χ0) is 28.7. The number of anilines is 2. The fourth-order valence-corrected chi connectivity index (χ4v) is 4.02. The van der Waals surface area contributed by atoms with Gasteiger partial charge in [0.15, 0.2) is 11.5 Å². The summed E-state index contributed by atoms with van der Waals surface area (Å²) in [6.07, 6.45) is 6.20. The predicted octanol–water partition coefficient (Wildman–Crippen LogP) is 2.52. The molecule has 11 heteroatoms. The fourth-order valence-electron chi connectivity index (χ4n) is 4.02. The van der Waals surface area contributed by atoms with E-state index in [1.807, 2.05) is 25.9 Å². The first-order chi connectivity index (χ1) is 18.5. The van der Waals surface area contributed by atoms with Gasteiger partial charge in [-0.2, -0.15) is 0 Å². The first-order valence-electron chi connectivity index (χ1n) is 13.1. The average Bonchev–Trinajstić information content (AvgIpc) is 3.72. The summed E-state index contributed by atoms with van der Waals surface area (Å²) in [5, 5.41) is 5.82. The van der Waals surface area contributed by atoms with Crippen molar-refractivity contribution in [3.05, 3.63) is 58.8 Å². The Labute approximate surface area is 228 Å². The second kappa shape index (κ2) is 13.3. The van der Waals surface area contributed by atoms with Crippen LogP contribution in [-0.2, 0) is 22.4 Å². The molecule has 1 aromatic heterocycles. The maximum absolute atomic E-state index is 14.5. The maximum atomic E-state index is 14.5. The molecule has 3 amide bonds. The van der Waals surface area contributed by atoms with Crippen molar-refractivity contribution < 1.29 is 18.8 Å². The van der Waals surface area contributed by atoms with Crippen LogP contribution in [0.4, 0.5) is 15.9 Å². The second-order valence-corrected chi connectivity index (χ2v) is 10.0. The third-order valence-electron chi connectivity index (χ3n) is 6.50. The molecular weight excluding hydrogens is 501 g/mol. The number of aryl methyl sites for hydroxylation is 1. The number of carbonyl (C=O) groups excluding carboxylic acids is 3.